The Kier molecular flexibility index (Phi) is 4.70. The molecule has 144 valence electrons. The number of carbonyl (C=O) groups is 1. The maximum atomic E-state index is 11.5. The molecular weight excluding hydrogens is 370 g/mol. The Morgan fingerprint density at radius 1 is 1.28 bits per heavy atom. The summed E-state index contributed by atoms with van der Waals surface area (Å²) in [6.45, 7) is 2.05. The molecule has 0 aliphatic heterocycles. The minimum Gasteiger partial charge on any atom is -0.363 e. The van der Waals surface area contributed by atoms with Gasteiger partial charge in [-0.25, -0.2) is 24.1 Å². The molecule has 4 heterocycles. The van der Waals surface area contributed by atoms with Crippen LogP contribution in [0.15, 0.2) is 36.9 Å². The van der Waals surface area contributed by atoms with Gasteiger partial charge < -0.3 is 5.73 Å². The number of primary amides is 1. The zero-order chi connectivity index (χ0) is 20.4. The molecule has 0 radical (unpaired) electrons. The monoisotopic (exact) mass is 387 g/mol. The van der Waals surface area contributed by atoms with E-state index in [9.17, 15) is 10.1 Å². The lowest BCUT2D eigenvalue weighted by Gasteiger charge is -2.11. The fraction of sp³-hybridized carbons (Fsp3) is 0.211. The highest BCUT2D eigenvalue weighted by atomic mass is 16.1. The molecule has 0 aromatic carbocycles. The van der Waals surface area contributed by atoms with Gasteiger partial charge in [-0.1, -0.05) is 13.3 Å². The number of rotatable bonds is 6. The maximum absolute atomic E-state index is 11.5. The van der Waals surface area contributed by atoms with Crippen molar-refractivity contribution >= 4 is 11.6 Å². The Morgan fingerprint density at radius 2 is 2.14 bits per heavy atom. The predicted molar refractivity (Wildman–Crippen MR) is 102 cm³/mol. The van der Waals surface area contributed by atoms with Gasteiger partial charge in [0.1, 0.15) is 12.4 Å². The molecule has 4 aromatic heterocycles. The van der Waals surface area contributed by atoms with Crippen LogP contribution in [0.3, 0.4) is 0 Å². The maximum Gasteiger partial charge on any atom is 0.288 e. The van der Waals surface area contributed by atoms with Gasteiger partial charge in [-0.3, -0.25) is 4.79 Å². The zero-order valence-corrected chi connectivity index (χ0v) is 15.6. The van der Waals surface area contributed by atoms with Gasteiger partial charge in [-0.2, -0.15) is 10.4 Å². The number of fused-ring (bicyclic) bond motifs is 1. The first-order valence-electron chi connectivity index (χ1n) is 9.03. The standard InChI is InChI=1S/C19H17N9O/c1-2-4-14-15(23-11-27-19(14)25-17(26-27)16(21)29)9-13-6-8-24-28(13)18-12(10-20)5-3-7-22-18/h3,5-8,11H,2,4,9H2,1H3,(H2,21,29). The number of carbonyl (C=O) groups excluding carboxylic acids is 1. The van der Waals surface area contributed by atoms with E-state index < -0.39 is 5.91 Å². The van der Waals surface area contributed by atoms with Crippen molar-refractivity contribution < 1.29 is 4.79 Å². The second kappa shape index (κ2) is 7.47. The van der Waals surface area contributed by atoms with Gasteiger partial charge in [0.2, 0.25) is 5.82 Å². The number of pyridine rings is 1. The molecule has 4 rings (SSSR count). The fourth-order valence-electron chi connectivity index (χ4n) is 3.18. The zero-order valence-electron chi connectivity index (χ0n) is 15.6. The molecule has 0 aliphatic rings. The van der Waals surface area contributed by atoms with Crippen LogP contribution in [0, 0.1) is 11.3 Å². The van der Waals surface area contributed by atoms with Crippen LogP contribution in [0.2, 0.25) is 0 Å². The molecule has 0 fully saturated rings. The van der Waals surface area contributed by atoms with Gasteiger partial charge in [-0.15, -0.1) is 5.10 Å². The first-order chi connectivity index (χ1) is 14.1. The Hall–Kier alpha value is -4.13. The van der Waals surface area contributed by atoms with E-state index in [4.69, 9.17) is 5.73 Å². The van der Waals surface area contributed by atoms with Crippen molar-refractivity contribution in [1.82, 2.24) is 34.3 Å². The van der Waals surface area contributed by atoms with E-state index in [0.29, 0.717) is 29.9 Å². The second-order valence-corrected chi connectivity index (χ2v) is 6.39. The van der Waals surface area contributed by atoms with Crippen LogP contribution < -0.4 is 5.73 Å². The molecule has 29 heavy (non-hydrogen) atoms. The molecule has 0 spiro atoms. The van der Waals surface area contributed by atoms with Crippen LogP contribution in [0.4, 0.5) is 0 Å². The van der Waals surface area contributed by atoms with Gasteiger partial charge >= 0.3 is 0 Å². The molecule has 0 atom stereocenters. The largest absolute Gasteiger partial charge is 0.363 e. The molecule has 10 nitrogen and oxygen atoms in total. The number of nitrogens with zero attached hydrogens (tertiary/aromatic N) is 8. The van der Waals surface area contributed by atoms with Crippen molar-refractivity contribution in [2.75, 3.05) is 0 Å². The van der Waals surface area contributed by atoms with Crippen LogP contribution in [0.1, 0.15) is 46.5 Å². The average molecular weight is 387 g/mol. The van der Waals surface area contributed by atoms with E-state index in [-0.39, 0.29) is 5.82 Å². The molecule has 0 unspecified atom stereocenters. The Morgan fingerprint density at radius 3 is 2.90 bits per heavy atom. The highest BCUT2D eigenvalue weighted by molar-refractivity contribution is 5.89. The summed E-state index contributed by atoms with van der Waals surface area (Å²) in [5, 5.41) is 17.8. The van der Waals surface area contributed by atoms with E-state index in [1.54, 1.807) is 29.2 Å². The van der Waals surface area contributed by atoms with Crippen molar-refractivity contribution in [3.8, 4) is 11.9 Å². The highest BCUT2D eigenvalue weighted by Gasteiger charge is 2.18. The van der Waals surface area contributed by atoms with Crippen LogP contribution in [-0.4, -0.2) is 40.3 Å². The number of aryl methyl sites for hydroxylation is 1. The lowest BCUT2D eigenvalue weighted by molar-refractivity contribution is 0.0990. The molecule has 1 amide bonds. The minimum atomic E-state index is -0.685. The smallest absolute Gasteiger partial charge is 0.288 e. The van der Waals surface area contributed by atoms with Gasteiger partial charge in [0.05, 0.1) is 17.0 Å². The summed E-state index contributed by atoms with van der Waals surface area (Å²) in [5.74, 6) is -0.264. The quantitative estimate of drug-likeness (QED) is 0.524. The van der Waals surface area contributed by atoms with E-state index in [0.717, 1.165) is 23.4 Å². The number of amides is 1. The van der Waals surface area contributed by atoms with Crippen LogP contribution in [-0.2, 0) is 12.8 Å². The second-order valence-electron chi connectivity index (χ2n) is 6.39. The summed E-state index contributed by atoms with van der Waals surface area (Å²) in [6.07, 6.45) is 6.83. The Labute approximate surface area is 165 Å². The molecule has 0 saturated carbocycles. The van der Waals surface area contributed by atoms with Crippen molar-refractivity contribution in [3.63, 3.8) is 0 Å². The summed E-state index contributed by atoms with van der Waals surface area (Å²) >= 11 is 0. The van der Waals surface area contributed by atoms with E-state index in [2.05, 4.69) is 38.1 Å². The molecule has 0 aliphatic carbocycles. The molecule has 0 bridgehead atoms. The summed E-state index contributed by atoms with van der Waals surface area (Å²) in [4.78, 5) is 24.6. The number of hydrogen-bond acceptors (Lipinski definition) is 7. The Balaban J connectivity index is 1.80. The van der Waals surface area contributed by atoms with E-state index in [1.807, 2.05) is 6.07 Å². The average Bonchev–Trinajstić information content (AvgIpc) is 3.37. The van der Waals surface area contributed by atoms with Gasteiger partial charge in [0.15, 0.2) is 11.5 Å². The van der Waals surface area contributed by atoms with Crippen molar-refractivity contribution in [3.05, 3.63) is 65.3 Å². The number of hydrogen-bond donors (Lipinski definition) is 1. The SMILES string of the molecule is CCCc1c(Cc2ccnn2-c2ncccc2C#N)ncn2nc(C(N)=O)nc12. The summed E-state index contributed by atoms with van der Waals surface area (Å²) in [6, 6.07) is 7.40. The predicted octanol–water partition coefficient (Wildman–Crippen LogP) is 1.22. The first kappa shape index (κ1) is 18.2. The molecular formula is C19H17N9O. The molecule has 10 heteroatoms. The fourth-order valence-corrected chi connectivity index (χ4v) is 3.18. The minimum absolute atomic E-state index is 0.0431. The summed E-state index contributed by atoms with van der Waals surface area (Å²) < 4.78 is 3.11. The van der Waals surface area contributed by atoms with Gasteiger partial charge in [0, 0.05) is 24.4 Å². The third kappa shape index (κ3) is 3.29. The van der Waals surface area contributed by atoms with Gasteiger partial charge in [-0.05, 0) is 24.6 Å². The van der Waals surface area contributed by atoms with Crippen molar-refractivity contribution in [2.24, 2.45) is 5.73 Å². The van der Waals surface area contributed by atoms with Crippen LogP contribution >= 0.6 is 0 Å². The van der Waals surface area contributed by atoms with Crippen molar-refractivity contribution in [1.29, 1.82) is 5.26 Å². The Bertz CT molecular complexity index is 1250. The lowest BCUT2D eigenvalue weighted by atomic mass is 10.1. The van der Waals surface area contributed by atoms with E-state index >= 15 is 0 Å². The first-order valence-corrected chi connectivity index (χ1v) is 9.03. The third-order valence-electron chi connectivity index (χ3n) is 4.47. The van der Waals surface area contributed by atoms with Crippen molar-refractivity contribution in [2.45, 2.75) is 26.2 Å². The molecule has 4 aromatic rings. The van der Waals surface area contributed by atoms with Crippen LogP contribution in [0.25, 0.3) is 11.5 Å². The number of nitriles is 1. The topological polar surface area (TPSA) is 141 Å². The summed E-state index contributed by atoms with van der Waals surface area (Å²) in [5.41, 5.74) is 8.82. The van der Waals surface area contributed by atoms with Gasteiger partial charge in [0.25, 0.3) is 5.91 Å². The summed E-state index contributed by atoms with van der Waals surface area (Å²) in [7, 11) is 0. The third-order valence-corrected chi connectivity index (χ3v) is 4.47. The van der Waals surface area contributed by atoms with Crippen LogP contribution in [0.5, 0.6) is 0 Å². The normalized spacial score (nSPS) is 10.9. The number of aromatic nitrogens is 7. The molecule has 0 saturated heterocycles. The molecule has 2 N–H and O–H groups in total. The lowest BCUT2D eigenvalue weighted by Crippen LogP contribution is -2.12. The van der Waals surface area contributed by atoms with E-state index in [1.165, 1.54) is 10.8 Å². The number of nitrogens with two attached hydrogens (primary N) is 1. The highest BCUT2D eigenvalue weighted by Crippen LogP contribution is 2.20.